The summed E-state index contributed by atoms with van der Waals surface area (Å²) in [6.07, 6.45) is 0. The molecule has 2 rings (SSSR count). The van der Waals surface area contributed by atoms with Gasteiger partial charge in [0.05, 0.1) is 13.7 Å². The van der Waals surface area contributed by atoms with E-state index in [1.165, 1.54) is 31.4 Å². The minimum atomic E-state index is -2.97. The van der Waals surface area contributed by atoms with Crippen molar-refractivity contribution in [1.29, 1.82) is 0 Å². The van der Waals surface area contributed by atoms with Gasteiger partial charge < -0.3 is 20.1 Å². The molecule has 152 valence electrons. The molecule has 2 N–H and O–H groups in total. The molecule has 0 aliphatic carbocycles. The summed E-state index contributed by atoms with van der Waals surface area (Å²) in [5.74, 6) is -1.72. The van der Waals surface area contributed by atoms with Crippen LogP contribution in [0.1, 0.15) is 24.1 Å². The van der Waals surface area contributed by atoms with Gasteiger partial charge >= 0.3 is 6.61 Å². The summed E-state index contributed by atoms with van der Waals surface area (Å²) >= 11 is 0. The predicted molar refractivity (Wildman–Crippen MR) is 94.2 cm³/mol. The zero-order valence-electron chi connectivity index (χ0n) is 15.3. The fourth-order valence-electron chi connectivity index (χ4n) is 2.49. The molecule has 2 aromatic carbocycles. The number of nitrogens with one attached hydrogen (secondary N) is 2. The molecular weight excluding hydrogens is 380 g/mol. The molecule has 1 atom stereocenters. The lowest BCUT2D eigenvalue weighted by Gasteiger charge is -2.15. The van der Waals surface area contributed by atoms with Crippen molar-refractivity contribution in [3.8, 4) is 11.5 Å². The molecule has 0 aliphatic heterocycles. The first-order valence-corrected chi connectivity index (χ1v) is 8.37. The van der Waals surface area contributed by atoms with E-state index in [1.807, 2.05) is 0 Å². The van der Waals surface area contributed by atoms with E-state index < -0.39 is 24.3 Å². The minimum Gasteiger partial charge on any atom is -0.493 e. The van der Waals surface area contributed by atoms with Crippen LogP contribution in [0.15, 0.2) is 36.4 Å². The fraction of sp³-hybridized carbons (Fsp3) is 0.316. The summed E-state index contributed by atoms with van der Waals surface area (Å²) in [5, 5.41) is 5.49. The molecule has 0 saturated heterocycles. The molecule has 0 aromatic heterocycles. The van der Waals surface area contributed by atoms with Gasteiger partial charge in [0.25, 0.3) is 0 Å². The first kappa shape index (κ1) is 21.5. The second-order valence-corrected chi connectivity index (χ2v) is 5.91. The molecule has 2 aromatic rings. The number of hydrogen-bond acceptors (Lipinski definition) is 4. The van der Waals surface area contributed by atoms with Crippen molar-refractivity contribution in [2.24, 2.45) is 0 Å². The zero-order chi connectivity index (χ0) is 20.7. The van der Waals surface area contributed by atoms with Gasteiger partial charge in [0.1, 0.15) is 11.6 Å². The fourth-order valence-corrected chi connectivity index (χ4v) is 2.49. The Hall–Kier alpha value is -2.81. The molecule has 0 saturated carbocycles. The van der Waals surface area contributed by atoms with Gasteiger partial charge in [-0.25, -0.2) is 8.78 Å². The smallest absolute Gasteiger partial charge is 0.387 e. The summed E-state index contributed by atoms with van der Waals surface area (Å²) in [6, 6.07) is 7.05. The highest BCUT2D eigenvalue weighted by atomic mass is 19.3. The second-order valence-electron chi connectivity index (χ2n) is 5.91. The molecular formula is C19H20F4N2O3. The van der Waals surface area contributed by atoms with Gasteiger partial charge in [-0.15, -0.1) is 0 Å². The monoisotopic (exact) mass is 400 g/mol. The number of rotatable bonds is 9. The van der Waals surface area contributed by atoms with Crippen LogP contribution in [-0.2, 0) is 11.3 Å². The Kier molecular flexibility index (Phi) is 7.62. The number of alkyl halides is 2. The van der Waals surface area contributed by atoms with E-state index in [-0.39, 0.29) is 36.1 Å². The Labute approximate surface area is 159 Å². The Balaban J connectivity index is 1.86. The van der Waals surface area contributed by atoms with Crippen LogP contribution in [-0.4, -0.2) is 26.2 Å². The Morgan fingerprint density at radius 3 is 2.50 bits per heavy atom. The third-order valence-corrected chi connectivity index (χ3v) is 3.93. The maximum absolute atomic E-state index is 13.7. The summed E-state index contributed by atoms with van der Waals surface area (Å²) in [5.41, 5.74) is 0.859. The molecule has 0 fully saturated rings. The number of carbonyl (C=O) groups is 1. The second kappa shape index (κ2) is 9.93. The van der Waals surface area contributed by atoms with E-state index in [4.69, 9.17) is 4.74 Å². The minimum absolute atomic E-state index is 0.0955. The summed E-state index contributed by atoms with van der Waals surface area (Å²) in [7, 11) is 1.32. The van der Waals surface area contributed by atoms with Crippen molar-refractivity contribution >= 4 is 5.91 Å². The van der Waals surface area contributed by atoms with E-state index in [0.29, 0.717) is 5.56 Å². The highest BCUT2D eigenvalue weighted by Gasteiger charge is 2.14. The quantitative estimate of drug-likeness (QED) is 0.633. The van der Waals surface area contributed by atoms with Crippen molar-refractivity contribution in [1.82, 2.24) is 10.6 Å². The standard InChI is InChI=1S/C19H20F4N2O3/c1-11(14-5-4-13(20)8-15(14)21)24-10-18(26)25-9-12-3-6-16(28-19(22)23)17(7-12)27-2/h3-8,11,19,24H,9-10H2,1-2H3,(H,25,26)/t11-/m0/s1. The number of halogens is 4. The molecule has 1 amide bonds. The number of benzene rings is 2. The van der Waals surface area contributed by atoms with Crippen LogP contribution < -0.4 is 20.1 Å². The molecule has 0 aliphatic rings. The summed E-state index contributed by atoms with van der Waals surface area (Å²) < 4.78 is 60.7. The lowest BCUT2D eigenvalue weighted by atomic mass is 10.1. The highest BCUT2D eigenvalue weighted by molar-refractivity contribution is 5.78. The van der Waals surface area contributed by atoms with E-state index in [0.717, 1.165) is 12.1 Å². The number of ether oxygens (including phenoxy) is 2. The van der Waals surface area contributed by atoms with Crippen LogP contribution in [0.3, 0.4) is 0 Å². The largest absolute Gasteiger partial charge is 0.493 e. The highest BCUT2D eigenvalue weighted by Crippen LogP contribution is 2.29. The zero-order valence-corrected chi connectivity index (χ0v) is 15.3. The average Bonchev–Trinajstić information content (AvgIpc) is 2.64. The number of methoxy groups -OCH3 is 1. The topological polar surface area (TPSA) is 59.6 Å². The molecule has 9 heteroatoms. The van der Waals surface area contributed by atoms with Crippen LogP contribution in [0.2, 0.25) is 0 Å². The molecule has 0 radical (unpaired) electrons. The van der Waals surface area contributed by atoms with Crippen LogP contribution >= 0.6 is 0 Å². The number of amides is 1. The van der Waals surface area contributed by atoms with Crippen molar-refractivity contribution < 1.29 is 31.8 Å². The Morgan fingerprint density at radius 2 is 1.86 bits per heavy atom. The Bertz CT molecular complexity index is 818. The lowest BCUT2D eigenvalue weighted by Crippen LogP contribution is -2.34. The molecule has 0 unspecified atom stereocenters. The van der Waals surface area contributed by atoms with Gasteiger partial charge in [-0.1, -0.05) is 12.1 Å². The number of carbonyl (C=O) groups excluding carboxylic acids is 1. The summed E-state index contributed by atoms with van der Waals surface area (Å²) in [4.78, 5) is 12.0. The van der Waals surface area contributed by atoms with Crippen LogP contribution in [0.25, 0.3) is 0 Å². The molecule has 28 heavy (non-hydrogen) atoms. The maximum Gasteiger partial charge on any atom is 0.387 e. The van der Waals surface area contributed by atoms with E-state index in [9.17, 15) is 22.4 Å². The summed E-state index contributed by atoms with van der Waals surface area (Å²) in [6.45, 7) is -1.29. The van der Waals surface area contributed by atoms with Crippen LogP contribution in [0.4, 0.5) is 17.6 Å². The van der Waals surface area contributed by atoms with Crippen molar-refractivity contribution in [2.45, 2.75) is 26.1 Å². The van der Waals surface area contributed by atoms with Gasteiger partial charge in [0.15, 0.2) is 11.5 Å². The van der Waals surface area contributed by atoms with E-state index >= 15 is 0 Å². The van der Waals surface area contributed by atoms with Crippen molar-refractivity contribution in [3.63, 3.8) is 0 Å². The van der Waals surface area contributed by atoms with Gasteiger partial charge in [-0.2, -0.15) is 8.78 Å². The predicted octanol–water partition coefficient (Wildman–Crippen LogP) is 3.54. The molecule has 0 heterocycles. The first-order valence-electron chi connectivity index (χ1n) is 8.37. The first-order chi connectivity index (χ1) is 13.3. The lowest BCUT2D eigenvalue weighted by molar-refractivity contribution is -0.120. The van der Waals surface area contributed by atoms with Crippen LogP contribution in [0, 0.1) is 11.6 Å². The normalized spacial score (nSPS) is 12.0. The van der Waals surface area contributed by atoms with Crippen molar-refractivity contribution in [2.75, 3.05) is 13.7 Å². The SMILES string of the molecule is COc1cc(CNC(=O)CN[C@@H](C)c2ccc(F)cc2F)ccc1OC(F)F. The molecule has 0 bridgehead atoms. The van der Waals surface area contributed by atoms with Crippen LogP contribution in [0.5, 0.6) is 11.5 Å². The average molecular weight is 400 g/mol. The molecule has 0 spiro atoms. The molecule has 5 nitrogen and oxygen atoms in total. The van der Waals surface area contributed by atoms with Gasteiger partial charge in [0, 0.05) is 24.2 Å². The third kappa shape index (κ3) is 6.12. The Morgan fingerprint density at radius 1 is 1.11 bits per heavy atom. The number of hydrogen-bond donors (Lipinski definition) is 2. The van der Waals surface area contributed by atoms with Gasteiger partial charge in [0.2, 0.25) is 5.91 Å². The van der Waals surface area contributed by atoms with E-state index in [1.54, 1.807) is 6.92 Å². The van der Waals surface area contributed by atoms with E-state index in [2.05, 4.69) is 15.4 Å². The van der Waals surface area contributed by atoms with Gasteiger partial charge in [-0.05, 0) is 30.7 Å². The maximum atomic E-state index is 13.7. The van der Waals surface area contributed by atoms with Gasteiger partial charge in [-0.3, -0.25) is 4.79 Å². The third-order valence-electron chi connectivity index (χ3n) is 3.93. The van der Waals surface area contributed by atoms with Crippen molar-refractivity contribution in [3.05, 3.63) is 59.2 Å².